The van der Waals surface area contributed by atoms with E-state index in [4.69, 9.17) is 21.1 Å². The molecule has 7 heteroatoms. The van der Waals surface area contributed by atoms with Crippen molar-refractivity contribution in [3.05, 3.63) is 58.6 Å². The fourth-order valence-electron chi connectivity index (χ4n) is 2.22. The van der Waals surface area contributed by atoms with Crippen LogP contribution in [0.1, 0.15) is 22.8 Å². The van der Waals surface area contributed by atoms with Gasteiger partial charge in [-0.3, -0.25) is 4.79 Å². The number of rotatable bonds is 7. The first-order valence-corrected chi connectivity index (χ1v) is 8.28. The Morgan fingerprint density at radius 3 is 2.50 bits per heavy atom. The number of methoxy groups -OCH3 is 2. The second-order valence-electron chi connectivity index (χ2n) is 5.43. The smallest absolute Gasteiger partial charge is 0.337 e. The molecule has 26 heavy (non-hydrogen) atoms. The van der Waals surface area contributed by atoms with Crippen LogP contribution in [0, 0.1) is 0 Å². The predicted octanol–water partition coefficient (Wildman–Crippen LogP) is 3.22. The minimum absolute atomic E-state index is 0.296. The molecule has 0 aromatic heterocycles. The Morgan fingerprint density at radius 2 is 1.85 bits per heavy atom. The van der Waals surface area contributed by atoms with E-state index in [0.29, 0.717) is 28.6 Å². The van der Waals surface area contributed by atoms with Gasteiger partial charge in [-0.2, -0.15) is 0 Å². The van der Waals surface area contributed by atoms with Crippen LogP contribution in [0.15, 0.2) is 42.5 Å². The Bertz CT molecular complexity index is 793. The number of esters is 1. The molecule has 0 aliphatic heterocycles. The van der Waals surface area contributed by atoms with Crippen LogP contribution in [0.4, 0.5) is 0 Å². The molecule has 0 aliphatic rings. The maximum absolute atomic E-state index is 12.3. The third-order valence-electron chi connectivity index (χ3n) is 3.67. The summed E-state index contributed by atoms with van der Waals surface area (Å²) in [6.45, 7) is 1.92. The van der Waals surface area contributed by atoms with Crippen LogP contribution >= 0.6 is 11.6 Å². The molecule has 138 valence electrons. The highest BCUT2D eigenvalue weighted by atomic mass is 35.5. The number of amides is 1. The molecule has 1 atom stereocenters. The Kier molecular flexibility index (Phi) is 6.86. The Morgan fingerprint density at radius 1 is 1.12 bits per heavy atom. The van der Waals surface area contributed by atoms with Gasteiger partial charge in [-0.15, -0.1) is 0 Å². The van der Waals surface area contributed by atoms with Crippen molar-refractivity contribution in [2.75, 3.05) is 14.2 Å². The molecule has 0 saturated carbocycles. The average molecular weight is 378 g/mol. The first kappa shape index (κ1) is 19.6. The predicted molar refractivity (Wildman–Crippen MR) is 97.7 cm³/mol. The average Bonchev–Trinajstić information content (AvgIpc) is 2.66. The van der Waals surface area contributed by atoms with Crippen molar-refractivity contribution in [2.24, 2.45) is 0 Å². The van der Waals surface area contributed by atoms with Gasteiger partial charge in [0.2, 0.25) is 0 Å². The minimum Gasteiger partial charge on any atom is -0.493 e. The number of nitrogens with one attached hydrogen (secondary N) is 1. The van der Waals surface area contributed by atoms with E-state index in [1.54, 1.807) is 19.1 Å². The van der Waals surface area contributed by atoms with Crippen molar-refractivity contribution in [2.45, 2.75) is 19.6 Å². The number of carbonyl (C=O) groups excluding carboxylic acids is 2. The van der Waals surface area contributed by atoms with Gasteiger partial charge in [0, 0.05) is 11.6 Å². The van der Waals surface area contributed by atoms with Gasteiger partial charge in [0.15, 0.2) is 17.6 Å². The topological polar surface area (TPSA) is 73.9 Å². The van der Waals surface area contributed by atoms with Gasteiger partial charge < -0.3 is 19.5 Å². The van der Waals surface area contributed by atoms with Crippen LogP contribution in [-0.4, -0.2) is 32.2 Å². The third kappa shape index (κ3) is 4.89. The Balaban J connectivity index is 2.02. The Hall–Kier alpha value is -2.73. The summed E-state index contributed by atoms with van der Waals surface area (Å²) >= 11 is 6.07. The maximum atomic E-state index is 12.3. The zero-order valence-electron chi connectivity index (χ0n) is 14.7. The molecule has 6 nitrogen and oxygen atoms in total. The number of carbonyl (C=O) groups is 2. The summed E-state index contributed by atoms with van der Waals surface area (Å²) in [5, 5.41) is 3.36. The lowest BCUT2D eigenvalue weighted by molar-refractivity contribution is -0.127. The van der Waals surface area contributed by atoms with Crippen molar-refractivity contribution in [1.29, 1.82) is 0 Å². The monoisotopic (exact) mass is 377 g/mol. The zero-order valence-corrected chi connectivity index (χ0v) is 15.5. The van der Waals surface area contributed by atoms with Gasteiger partial charge in [-0.05, 0) is 36.8 Å². The number of benzene rings is 2. The molecule has 2 aromatic carbocycles. The largest absolute Gasteiger partial charge is 0.493 e. The zero-order chi connectivity index (χ0) is 19.1. The van der Waals surface area contributed by atoms with Crippen LogP contribution in [-0.2, 0) is 16.1 Å². The van der Waals surface area contributed by atoms with Gasteiger partial charge in [-0.1, -0.05) is 29.8 Å². The quantitative estimate of drug-likeness (QED) is 0.750. The van der Waals surface area contributed by atoms with Crippen LogP contribution in [0.5, 0.6) is 11.5 Å². The molecule has 1 N–H and O–H groups in total. The minimum atomic E-state index is -0.768. The lowest BCUT2D eigenvalue weighted by Crippen LogP contribution is -2.36. The fourth-order valence-corrected chi connectivity index (χ4v) is 2.42. The van der Waals surface area contributed by atoms with Gasteiger partial charge in [0.1, 0.15) is 0 Å². The van der Waals surface area contributed by atoms with E-state index in [9.17, 15) is 9.59 Å². The summed E-state index contributed by atoms with van der Waals surface area (Å²) in [7, 11) is 2.75. The summed E-state index contributed by atoms with van der Waals surface area (Å²) in [5.74, 6) is -0.108. The standard InChI is InChI=1S/C19H20ClNO5/c1-12(18(22)21-11-14-6-4-5-7-15(14)20)26-16-9-8-13(19(23)25-3)10-17(16)24-2/h4-10,12H,11H2,1-3H3,(H,21,22)/t12-/m1/s1. The summed E-state index contributed by atoms with van der Waals surface area (Å²) in [4.78, 5) is 23.8. The molecule has 0 saturated heterocycles. The lowest BCUT2D eigenvalue weighted by Gasteiger charge is -2.17. The van der Waals surface area contributed by atoms with E-state index in [0.717, 1.165) is 5.56 Å². The van der Waals surface area contributed by atoms with E-state index in [1.807, 2.05) is 18.2 Å². The number of hydrogen-bond donors (Lipinski definition) is 1. The third-order valence-corrected chi connectivity index (χ3v) is 4.04. The van der Waals surface area contributed by atoms with Crippen LogP contribution in [0.3, 0.4) is 0 Å². The summed E-state index contributed by atoms with van der Waals surface area (Å²) in [5.41, 5.74) is 1.14. The molecule has 0 spiro atoms. The summed E-state index contributed by atoms with van der Waals surface area (Å²) < 4.78 is 15.6. The van der Waals surface area contributed by atoms with E-state index >= 15 is 0 Å². The van der Waals surface area contributed by atoms with Gasteiger partial charge in [0.25, 0.3) is 5.91 Å². The second kappa shape index (κ2) is 9.10. The molecule has 0 fully saturated rings. The van der Waals surface area contributed by atoms with Crippen molar-refractivity contribution >= 4 is 23.5 Å². The van der Waals surface area contributed by atoms with Crippen molar-refractivity contribution in [1.82, 2.24) is 5.32 Å². The molecule has 0 bridgehead atoms. The molecule has 0 radical (unpaired) electrons. The Labute approximate surface area is 157 Å². The summed E-state index contributed by atoms with van der Waals surface area (Å²) in [6.07, 6.45) is -0.768. The van der Waals surface area contributed by atoms with Crippen molar-refractivity contribution in [3.63, 3.8) is 0 Å². The highest BCUT2D eigenvalue weighted by Gasteiger charge is 2.18. The number of halogens is 1. The first-order chi connectivity index (χ1) is 12.5. The highest BCUT2D eigenvalue weighted by molar-refractivity contribution is 6.31. The summed E-state index contributed by atoms with van der Waals surface area (Å²) in [6, 6.07) is 11.9. The van der Waals surface area contributed by atoms with Gasteiger partial charge in [0.05, 0.1) is 19.8 Å². The highest BCUT2D eigenvalue weighted by Crippen LogP contribution is 2.29. The van der Waals surface area contributed by atoms with Crippen molar-refractivity contribution in [3.8, 4) is 11.5 Å². The lowest BCUT2D eigenvalue weighted by atomic mass is 10.2. The fraction of sp³-hybridized carbons (Fsp3) is 0.263. The maximum Gasteiger partial charge on any atom is 0.337 e. The second-order valence-corrected chi connectivity index (χ2v) is 5.83. The molecule has 0 unspecified atom stereocenters. The van der Waals surface area contributed by atoms with Crippen LogP contribution in [0.2, 0.25) is 5.02 Å². The molecular weight excluding hydrogens is 358 g/mol. The van der Waals surface area contributed by atoms with E-state index in [1.165, 1.54) is 26.4 Å². The SMILES string of the molecule is COC(=O)c1ccc(O[C@H](C)C(=O)NCc2ccccc2Cl)c(OC)c1. The number of ether oxygens (including phenoxy) is 3. The van der Waals surface area contributed by atoms with Gasteiger partial charge in [-0.25, -0.2) is 4.79 Å². The van der Waals surface area contributed by atoms with Crippen LogP contribution < -0.4 is 14.8 Å². The van der Waals surface area contributed by atoms with Crippen LogP contribution in [0.25, 0.3) is 0 Å². The molecule has 2 aromatic rings. The molecule has 2 rings (SSSR count). The molecular formula is C19H20ClNO5. The van der Waals surface area contributed by atoms with E-state index in [-0.39, 0.29) is 5.91 Å². The van der Waals surface area contributed by atoms with Crippen molar-refractivity contribution < 1.29 is 23.8 Å². The number of hydrogen-bond acceptors (Lipinski definition) is 5. The molecule has 0 heterocycles. The normalized spacial score (nSPS) is 11.4. The first-order valence-electron chi connectivity index (χ1n) is 7.90. The van der Waals surface area contributed by atoms with E-state index in [2.05, 4.69) is 10.1 Å². The van der Waals surface area contributed by atoms with Gasteiger partial charge >= 0.3 is 5.97 Å². The molecule has 1 amide bonds. The van der Waals surface area contributed by atoms with E-state index < -0.39 is 12.1 Å². The molecule has 0 aliphatic carbocycles.